The molecule has 0 unspecified atom stereocenters. The maximum absolute atomic E-state index is 12.9. The monoisotopic (exact) mass is 346 g/mol. The van der Waals surface area contributed by atoms with Crippen molar-refractivity contribution in [2.24, 2.45) is 0 Å². The van der Waals surface area contributed by atoms with E-state index in [-0.39, 0.29) is 6.04 Å². The van der Waals surface area contributed by atoms with Gasteiger partial charge < -0.3 is 10.1 Å². The number of hydrogen-bond acceptors (Lipinski definition) is 3. The summed E-state index contributed by atoms with van der Waals surface area (Å²) in [7, 11) is 0. The van der Waals surface area contributed by atoms with Crippen LogP contribution in [0.4, 0.5) is 9.18 Å². The van der Waals surface area contributed by atoms with Crippen molar-refractivity contribution in [3.8, 4) is 5.75 Å². The van der Waals surface area contributed by atoms with Crippen LogP contribution in [0.3, 0.4) is 0 Å². The molecule has 1 rings (SSSR count). The molecule has 1 aromatic rings. The Labute approximate surface area is 125 Å². The first-order chi connectivity index (χ1) is 9.29. The smallest absolute Gasteiger partial charge is 0.321 e. The standard InChI is InChI=1S/C13H16BrFN2O3/c1-7(2)16-13(19)17-12(18)8(3)20-11-5-4-9(15)6-10(11)14/h4-8H,1-3H3,(H2,16,17,18,19)/t8-/m1/s1. The van der Waals surface area contributed by atoms with Gasteiger partial charge in [-0.1, -0.05) is 0 Å². The fourth-order valence-corrected chi connectivity index (χ4v) is 1.77. The van der Waals surface area contributed by atoms with Crippen molar-refractivity contribution in [3.05, 3.63) is 28.5 Å². The van der Waals surface area contributed by atoms with Gasteiger partial charge in [0.25, 0.3) is 5.91 Å². The molecule has 0 aliphatic carbocycles. The summed E-state index contributed by atoms with van der Waals surface area (Å²) < 4.78 is 18.7. The number of benzene rings is 1. The quantitative estimate of drug-likeness (QED) is 0.880. The molecule has 7 heteroatoms. The fraction of sp³-hybridized carbons (Fsp3) is 0.385. The molecule has 0 heterocycles. The summed E-state index contributed by atoms with van der Waals surface area (Å²) >= 11 is 3.13. The van der Waals surface area contributed by atoms with E-state index < -0.39 is 23.9 Å². The van der Waals surface area contributed by atoms with E-state index in [1.165, 1.54) is 25.1 Å². The fourth-order valence-electron chi connectivity index (χ4n) is 1.33. The van der Waals surface area contributed by atoms with Gasteiger partial charge in [0.15, 0.2) is 6.10 Å². The van der Waals surface area contributed by atoms with Gasteiger partial charge in [0, 0.05) is 6.04 Å². The highest BCUT2D eigenvalue weighted by atomic mass is 79.9. The van der Waals surface area contributed by atoms with Crippen LogP contribution in [0.1, 0.15) is 20.8 Å². The minimum absolute atomic E-state index is 0.0785. The summed E-state index contributed by atoms with van der Waals surface area (Å²) in [4.78, 5) is 23.1. The topological polar surface area (TPSA) is 67.4 Å². The summed E-state index contributed by atoms with van der Waals surface area (Å²) in [5.41, 5.74) is 0. The normalized spacial score (nSPS) is 11.9. The average Bonchev–Trinajstić information content (AvgIpc) is 2.31. The zero-order valence-electron chi connectivity index (χ0n) is 11.4. The first-order valence-corrected chi connectivity index (χ1v) is 6.82. The lowest BCUT2D eigenvalue weighted by atomic mass is 10.3. The van der Waals surface area contributed by atoms with Gasteiger partial charge in [0.2, 0.25) is 0 Å². The zero-order chi connectivity index (χ0) is 15.3. The molecule has 0 fully saturated rings. The molecule has 0 bridgehead atoms. The van der Waals surface area contributed by atoms with E-state index in [4.69, 9.17) is 4.74 Å². The Bertz CT molecular complexity index is 508. The van der Waals surface area contributed by atoms with Crippen molar-refractivity contribution in [1.82, 2.24) is 10.6 Å². The molecule has 1 aromatic carbocycles. The van der Waals surface area contributed by atoms with Crippen LogP contribution in [0.25, 0.3) is 0 Å². The minimum Gasteiger partial charge on any atom is -0.480 e. The largest absolute Gasteiger partial charge is 0.480 e. The minimum atomic E-state index is -0.894. The van der Waals surface area contributed by atoms with Gasteiger partial charge >= 0.3 is 6.03 Å². The Morgan fingerprint density at radius 1 is 1.30 bits per heavy atom. The predicted molar refractivity (Wildman–Crippen MR) is 76.0 cm³/mol. The van der Waals surface area contributed by atoms with E-state index in [0.29, 0.717) is 10.2 Å². The van der Waals surface area contributed by atoms with Gasteiger partial charge in [0.1, 0.15) is 11.6 Å². The number of ether oxygens (including phenoxy) is 1. The number of urea groups is 1. The zero-order valence-corrected chi connectivity index (χ0v) is 13.0. The van der Waals surface area contributed by atoms with Crippen molar-refractivity contribution < 1.29 is 18.7 Å². The third kappa shape index (κ3) is 5.16. The molecule has 1 atom stereocenters. The van der Waals surface area contributed by atoms with Crippen molar-refractivity contribution in [2.45, 2.75) is 32.9 Å². The molecule has 0 spiro atoms. The first-order valence-electron chi connectivity index (χ1n) is 6.02. The number of nitrogens with one attached hydrogen (secondary N) is 2. The second-order valence-electron chi connectivity index (χ2n) is 4.45. The van der Waals surface area contributed by atoms with Gasteiger partial charge in [-0.25, -0.2) is 9.18 Å². The predicted octanol–water partition coefficient (Wildman–Crippen LogP) is 2.59. The SMILES string of the molecule is CC(C)NC(=O)NC(=O)[C@@H](C)Oc1ccc(F)cc1Br. The van der Waals surface area contributed by atoms with Crippen LogP contribution in [0.2, 0.25) is 0 Å². The maximum atomic E-state index is 12.9. The summed E-state index contributed by atoms with van der Waals surface area (Å²) in [6.45, 7) is 5.05. The van der Waals surface area contributed by atoms with E-state index >= 15 is 0 Å². The molecule has 20 heavy (non-hydrogen) atoms. The molecule has 5 nitrogen and oxygen atoms in total. The lowest BCUT2D eigenvalue weighted by Crippen LogP contribution is -2.47. The molecule has 0 saturated carbocycles. The Kier molecular flexibility index (Phi) is 5.94. The molecule has 0 aromatic heterocycles. The van der Waals surface area contributed by atoms with Gasteiger partial charge in [-0.2, -0.15) is 0 Å². The van der Waals surface area contributed by atoms with Crippen LogP contribution in [0.15, 0.2) is 22.7 Å². The molecule has 0 radical (unpaired) electrons. The number of carbonyl (C=O) groups is 2. The molecule has 0 saturated heterocycles. The maximum Gasteiger partial charge on any atom is 0.321 e. The van der Waals surface area contributed by atoms with Crippen LogP contribution < -0.4 is 15.4 Å². The third-order valence-electron chi connectivity index (χ3n) is 2.22. The van der Waals surface area contributed by atoms with Crippen LogP contribution in [0, 0.1) is 5.82 Å². The molecule has 110 valence electrons. The Hall–Kier alpha value is -1.63. The highest BCUT2D eigenvalue weighted by Gasteiger charge is 2.18. The van der Waals surface area contributed by atoms with Crippen molar-refractivity contribution in [2.75, 3.05) is 0 Å². The number of carbonyl (C=O) groups excluding carboxylic acids is 2. The number of rotatable bonds is 4. The van der Waals surface area contributed by atoms with E-state index in [1.54, 1.807) is 13.8 Å². The van der Waals surface area contributed by atoms with E-state index in [2.05, 4.69) is 26.6 Å². The molecular formula is C13H16BrFN2O3. The van der Waals surface area contributed by atoms with Crippen molar-refractivity contribution in [1.29, 1.82) is 0 Å². The van der Waals surface area contributed by atoms with E-state index in [0.717, 1.165) is 0 Å². The number of imide groups is 1. The summed E-state index contributed by atoms with van der Waals surface area (Å²) in [5.74, 6) is -0.685. The average molecular weight is 347 g/mol. The molecule has 3 amide bonds. The number of hydrogen-bond donors (Lipinski definition) is 2. The Morgan fingerprint density at radius 2 is 1.95 bits per heavy atom. The summed E-state index contributed by atoms with van der Waals surface area (Å²) in [6.07, 6.45) is -0.894. The second kappa shape index (κ2) is 7.23. The van der Waals surface area contributed by atoms with Gasteiger partial charge in [-0.05, 0) is 54.9 Å². The van der Waals surface area contributed by atoms with E-state index in [1.807, 2.05) is 0 Å². The summed E-state index contributed by atoms with van der Waals surface area (Å²) in [6, 6.07) is 3.18. The first kappa shape index (κ1) is 16.4. The highest BCUT2D eigenvalue weighted by molar-refractivity contribution is 9.10. The van der Waals surface area contributed by atoms with Crippen LogP contribution in [-0.4, -0.2) is 24.1 Å². The Morgan fingerprint density at radius 3 is 2.50 bits per heavy atom. The number of amides is 3. The molecule has 0 aliphatic heterocycles. The molecular weight excluding hydrogens is 331 g/mol. The summed E-state index contributed by atoms with van der Waals surface area (Å²) in [5, 5.41) is 4.68. The van der Waals surface area contributed by atoms with Gasteiger partial charge in [-0.15, -0.1) is 0 Å². The van der Waals surface area contributed by atoms with Crippen LogP contribution in [0.5, 0.6) is 5.75 Å². The lowest BCUT2D eigenvalue weighted by Gasteiger charge is -2.16. The van der Waals surface area contributed by atoms with Crippen LogP contribution >= 0.6 is 15.9 Å². The molecule has 0 aliphatic rings. The van der Waals surface area contributed by atoms with Crippen molar-refractivity contribution >= 4 is 27.9 Å². The second-order valence-corrected chi connectivity index (χ2v) is 5.31. The van der Waals surface area contributed by atoms with Gasteiger partial charge in [0.05, 0.1) is 4.47 Å². The molecule has 2 N–H and O–H groups in total. The Balaban J connectivity index is 2.59. The lowest BCUT2D eigenvalue weighted by molar-refractivity contribution is -0.126. The van der Waals surface area contributed by atoms with Gasteiger partial charge in [-0.3, -0.25) is 10.1 Å². The van der Waals surface area contributed by atoms with Crippen molar-refractivity contribution in [3.63, 3.8) is 0 Å². The van der Waals surface area contributed by atoms with E-state index in [9.17, 15) is 14.0 Å². The van der Waals surface area contributed by atoms with Crippen LogP contribution in [-0.2, 0) is 4.79 Å². The third-order valence-corrected chi connectivity index (χ3v) is 2.84. The number of halogens is 2. The highest BCUT2D eigenvalue weighted by Crippen LogP contribution is 2.26.